The molecule has 218 valence electrons. The molecule has 5 heterocycles. The molecule has 9 nitrogen and oxygen atoms in total. The van der Waals surface area contributed by atoms with Gasteiger partial charge >= 0.3 is 5.97 Å². The molecule has 1 saturated heterocycles. The van der Waals surface area contributed by atoms with Gasteiger partial charge in [0.25, 0.3) is 5.91 Å². The SMILES string of the molecule is COC(=O)Cc1c(C)nc2c(cc(-c3ccnc(C(=O)N4CCNCC4)c3)n2C)c1-c1cc(F)c2c(c1C)CCCO2. The van der Waals surface area contributed by atoms with Crippen LogP contribution in [0.1, 0.15) is 39.3 Å². The normalized spacial score (nSPS) is 14.9. The van der Waals surface area contributed by atoms with E-state index in [0.29, 0.717) is 60.0 Å². The Bertz CT molecular complexity index is 1720. The van der Waals surface area contributed by atoms with Crippen molar-refractivity contribution in [2.75, 3.05) is 39.9 Å². The molecule has 10 heteroatoms. The number of hydrogen-bond donors (Lipinski definition) is 1. The van der Waals surface area contributed by atoms with E-state index in [0.717, 1.165) is 52.8 Å². The van der Waals surface area contributed by atoms with Crippen LogP contribution in [0.25, 0.3) is 33.4 Å². The highest BCUT2D eigenvalue weighted by Crippen LogP contribution is 2.43. The first-order valence-corrected chi connectivity index (χ1v) is 14.3. The summed E-state index contributed by atoms with van der Waals surface area (Å²) >= 11 is 0. The summed E-state index contributed by atoms with van der Waals surface area (Å²) in [6.45, 7) is 7.11. The van der Waals surface area contributed by atoms with E-state index in [4.69, 9.17) is 14.5 Å². The fourth-order valence-electron chi connectivity index (χ4n) is 6.15. The zero-order valence-electron chi connectivity index (χ0n) is 24.3. The van der Waals surface area contributed by atoms with E-state index < -0.39 is 11.8 Å². The van der Waals surface area contributed by atoms with E-state index in [-0.39, 0.29) is 12.3 Å². The topological polar surface area (TPSA) is 98.6 Å². The van der Waals surface area contributed by atoms with E-state index in [2.05, 4.69) is 10.3 Å². The zero-order valence-corrected chi connectivity index (χ0v) is 24.3. The van der Waals surface area contributed by atoms with Crippen LogP contribution >= 0.6 is 0 Å². The maximum atomic E-state index is 15.5. The summed E-state index contributed by atoms with van der Waals surface area (Å²) in [6.07, 6.45) is 3.17. The predicted molar refractivity (Wildman–Crippen MR) is 157 cm³/mol. The molecule has 4 aromatic rings. The van der Waals surface area contributed by atoms with E-state index in [1.165, 1.54) is 13.2 Å². The highest BCUT2D eigenvalue weighted by atomic mass is 19.1. The molecule has 1 aromatic carbocycles. The summed E-state index contributed by atoms with van der Waals surface area (Å²) in [7, 11) is 3.27. The molecule has 0 aliphatic carbocycles. The number of carbonyl (C=O) groups excluding carboxylic acids is 2. The van der Waals surface area contributed by atoms with E-state index >= 15 is 4.39 Å². The monoisotopic (exact) mass is 571 g/mol. The number of ether oxygens (including phenoxy) is 2. The molecule has 1 N–H and O–H groups in total. The number of aryl methyl sites for hydroxylation is 2. The molecule has 3 aromatic heterocycles. The van der Waals surface area contributed by atoms with Crippen molar-refractivity contribution in [1.82, 2.24) is 24.8 Å². The molecule has 0 radical (unpaired) electrons. The second-order valence-corrected chi connectivity index (χ2v) is 10.9. The van der Waals surface area contributed by atoms with Gasteiger partial charge < -0.3 is 24.3 Å². The molecule has 0 unspecified atom stereocenters. The molecule has 1 fully saturated rings. The molecule has 0 bridgehead atoms. The average molecular weight is 572 g/mol. The van der Waals surface area contributed by atoms with Gasteiger partial charge in [0.2, 0.25) is 0 Å². The molecular weight excluding hydrogens is 537 g/mol. The van der Waals surface area contributed by atoms with Gasteiger partial charge in [-0.05, 0) is 73.2 Å². The largest absolute Gasteiger partial charge is 0.490 e. The number of fused-ring (bicyclic) bond motifs is 2. The Hall–Kier alpha value is -4.31. The summed E-state index contributed by atoms with van der Waals surface area (Å²) in [6, 6.07) is 7.19. The number of benzene rings is 1. The summed E-state index contributed by atoms with van der Waals surface area (Å²) in [5.41, 5.74) is 7.27. The van der Waals surface area contributed by atoms with E-state index in [1.54, 1.807) is 6.20 Å². The number of nitrogens with one attached hydrogen (secondary N) is 1. The third kappa shape index (κ3) is 4.79. The van der Waals surface area contributed by atoms with Crippen LogP contribution in [0, 0.1) is 19.7 Å². The minimum absolute atomic E-state index is 0.00191. The maximum Gasteiger partial charge on any atom is 0.310 e. The number of carbonyl (C=O) groups is 2. The summed E-state index contributed by atoms with van der Waals surface area (Å²) < 4.78 is 28.2. The van der Waals surface area contributed by atoms with Gasteiger partial charge in [-0.1, -0.05) is 0 Å². The Labute approximate surface area is 243 Å². The number of halogens is 1. The number of piperazine rings is 1. The lowest BCUT2D eigenvalue weighted by atomic mass is 9.87. The second kappa shape index (κ2) is 11.2. The van der Waals surface area contributed by atoms with Gasteiger partial charge in [-0.2, -0.15) is 0 Å². The molecule has 6 rings (SSSR count). The number of pyridine rings is 2. The van der Waals surface area contributed by atoms with Crippen LogP contribution in [0.2, 0.25) is 0 Å². The van der Waals surface area contributed by atoms with Crippen LogP contribution in [-0.4, -0.2) is 71.2 Å². The fourth-order valence-corrected chi connectivity index (χ4v) is 6.15. The molecule has 0 atom stereocenters. The average Bonchev–Trinajstić information content (AvgIpc) is 3.34. The number of rotatable bonds is 5. The number of hydrogen-bond acceptors (Lipinski definition) is 7. The van der Waals surface area contributed by atoms with Gasteiger partial charge in [-0.25, -0.2) is 9.37 Å². The first-order valence-electron chi connectivity index (χ1n) is 14.3. The third-order valence-corrected chi connectivity index (χ3v) is 8.42. The maximum absolute atomic E-state index is 15.5. The van der Waals surface area contributed by atoms with Crippen molar-refractivity contribution in [2.45, 2.75) is 33.1 Å². The van der Waals surface area contributed by atoms with Gasteiger partial charge in [-0.3, -0.25) is 14.6 Å². The lowest BCUT2D eigenvalue weighted by Crippen LogP contribution is -2.46. The van der Waals surface area contributed by atoms with Crippen molar-refractivity contribution in [2.24, 2.45) is 7.05 Å². The number of nitrogens with zero attached hydrogens (tertiary/aromatic N) is 4. The van der Waals surface area contributed by atoms with Gasteiger partial charge in [-0.15, -0.1) is 0 Å². The lowest BCUT2D eigenvalue weighted by molar-refractivity contribution is -0.139. The number of methoxy groups -OCH3 is 1. The minimum atomic E-state index is -0.418. The van der Waals surface area contributed by atoms with Gasteiger partial charge in [0.05, 0.1) is 25.8 Å². The Morgan fingerprint density at radius 2 is 1.95 bits per heavy atom. The van der Waals surface area contributed by atoms with Crippen LogP contribution in [0.4, 0.5) is 4.39 Å². The second-order valence-electron chi connectivity index (χ2n) is 10.9. The molecule has 1 amide bonds. The smallest absolute Gasteiger partial charge is 0.310 e. The van der Waals surface area contributed by atoms with E-state index in [1.807, 2.05) is 48.6 Å². The van der Waals surface area contributed by atoms with Crippen molar-refractivity contribution in [3.63, 3.8) is 0 Å². The number of aromatic nitrogens is 3. The molecule has 0 spiro atoms. The first-order chi connectivity index (χ1) is 20.3. The van der Waals surface area contributed by atoms with Crippen LogP contribution in [0.5, 0.6) is 5.75 Å². The Kier molecular flexibility index (Phi) is 7.40. The predicted octanol–water partition coefficient (Wildman–Crippen LogP) is 4.14. The van der Waals surface area contributed by atoms with Crippen molar-refractivity contribution in [3.05, 3.63) is 64.4 Å². The quantitative estimate of drug-likeness (QED) is 0.360. The minimum Gasteiger partial charge on any atom is -0.490 e. The lowest BCUT2D eigenvalue weighted by Gasteiger charge is -2.27. The van der Waals surface area contributed by atoms with Gasteiger partial charge in [0.1, 0.15) is 11.3 Å². The molecule has 2 aliphatic rings. The van der Waals surface area contributed by atoms with Crippen molar-refractivity contribution < 1.29 is 23.5 Å². The number of esters is 1. The Balaban J connectivity index is 1.55. The van der Waals surface area contributed by atoms with Crippen molar-refractivity contribution in [1.29, 1.82) is 0 Å². The molecule has 0 saturated carbocycles. The molecule has 2 aliphatic heterocycles. The Morgan fingerprint density at radius 1 is 1.17 bits per heavy atom. The van der Waals surface area contributed by atoms with Gasteiger partial charge in [0, 0.05) is 61.6 Å². The summed E-state index contributed by atoms with van der Waals surface area (Å²) in [5, 5.41) is 4.04. The highest BCUT2D eigenvalue weighted by Gasteiger charge is 2.27. The fraction of sp³-hybridized carbons (Fsp3) is 0.375. The Morgan fingerprint density at radius 3 is 2.71 bits per heavy atom. The molecular formula is C32H34FN5O4. The van der Waals surface area contributed by atoms with Crippen LogP contribution in [0.3, 0.4) is 0 Å². The summed E-state index contributed by atoms with van der Waals surface area (Å²) in [5.74, 6) is -0.611. The zero-order chi connectivity index (χ0) is 29.5. The van der Waals surface area contributed by atoms with Crippen LogP contribution in [-0.2, 0) is 29.4 Å². The van der Waals surface area contributed by atoms with E-state index in [9.17, 15) is 9.59 Å². The highest BCUT2D eigenvalue weighted by molar-refractivity contribution is 6.01. The molecule has 42 heavy (non-hydrogen) atoms. The third-order valence-electron chi connectivity index (χ3n) is 8.42. The number of amides is 1. The van der Waals surface area contributed by atoms with Crippen molar-refractivity contribution in [3.8, 4) is 28.1 Å². The standard InChI is InChI=1S/C32H34FN5O4/c1-18-21-6-5-13-42-30(21)25(33)15-22(18)29-23(17-28(39)41-4)19(2)36-31-24(29)16-27(37(31)3)20-7-8-35-26(14-20)32(40)38-11-9-34-10-12-38/h7-8,14-16,34H,5-6,9-13,17H2,1-4H3. The van der Waals surface area contributed by atoms with Crippen LogP contribution < -0.4 is 10.1 Å². The van der Waals surface area contributed by atoms with Gasteiger partial charge in [0.15, 0.2) is 11.6 Å². The summed E-state index contributed by atoms with van der Waals surface area (Å²) in [4.78, 5) is 36.9. The first kappa shape index (κ1) is 27.8. The van der Waals surface area contributed by atoms with Crippen molar-refractivity contribution >= 4 is 22.9 Å². The van der Waals surface area contributed by atoms with Crippen LogP contribution in [0.15, 0.2) is 30.5 Å².